The molecule has 2 unspecified atom stereocenters. The quantitative estimate of drug-likeness (QED) is 0.743. The highest BCUT2D eigenvalue weighted by atomic mass is 16.7. The van der Waals surface area contributed by atoms with Crippen LogP contribution in [0.25, 0.3) is 0 Å². The summed E-state index contributed by atoms with van der Waals surface area (Å²) < 4.78 is 31.3. The number of ether oxygens (including phenoxy) is 6. The highest BCUT2D eigenvalue weighted by molar-refractivity contribution is 6.03. The third-order valence-corrected chi connectivity index (χ3v) is 3.41. The molecule has 130 valence electrons. The topological polar surface area (TPSA) is 89.5 Å². The first-order valence-corrected chi connectivity index (χ1v) is 7.64. The summed E-state index contributed by atoms with van der Waals surface area (Å²) in [4.78, 5) is 24.6. The van der Waals surface area contributed by atoms with Crippen molar-refractivity contribution in [1.82, 2.24) is 0 Å². The predicted molar refractivity (Wildman–Crippen MR) is 78.4 cm³/mol. The van der Waals surface area contributed by atoms with Crippen molar-refractivity contribution in [3.8, 4) is 0 Å². The SMILES string of the molecule is O=C(OC1COCCO1)c1ccccc1C(=O)OC1COCCO1. The smallest absolute Gasteiger partial charge is 0.341 e. The first-order chi connectivity index (χ1) is 11.7. The molecule has 0 radical (unpaired) electrons. The summed E-state index contributed by atoms with van der Waals surface area (Å²) in [5, 5.41) is 0. The molecule has 0 N–H and O–H groups in total. The molecule has 3 rings (SSSR count). The largest absolute Gasteiger partial charge is 0.430 e. The lowest BCUT2D eigenvalue weighted by molar-refractivity contribution is -0.187. The van der Waals surface area contributed by atoms with Gasteiger partial charge >= 0.3 is 11.9 Å². The Morgan fingerprint density at radius 1 is 0.792 bits per heavy atom. The Kier molecular flexibility index (Phi) is 5.76. The Morgan fingerprint density at radius 2 is 1.25 bits per heavy atom. The molecule has 2 heterocycles. The minimum Gasteiger partial charge on any atom is -0.430 e. The van der Waals surface area contributed by atoms with Gasteiger partial charge < -0.3 is 28.4 Å². The molecule has 2 aliphatic rings. The molecular formula is C16H18O8. The minimum atomic E-state index is -0.787. The third kappa shape index (κ3) is 4.30. The van der Waals surface area contributed by atoms with Crippen LogP contribution >= 0.6 is 0 Å². The van der Waals surface area contributed by atoms with Crippen LogP contribution in [0.15, 0.2) is 24.3 Å². The summed E-state index contributed by atoms with van der Waals surface area (Å²) in [7, 11) is 0. The van der Waals surface area contributed by atoms with E-state index < -0.39 is 24.5 Å². The Morgan fingerprint density at radius 3 is 1.62 bits per heavy atom. The fraction of sp³-hybridized carbons (Fsp3) is 0.500. The van der Waals surface area contributed by atoms with Crippen molar-refractivity contribution in [2.24, 2.45) is 0 Å². The van der Waals surface area contributed by atoms with Crippen LogP contribution in [0.1, 0.15) is 20.7 Å². The van der Waals surface area contributed by atoms with Gasteiger partial charge in [0, 0.05) is 0 Å². The lowest BCUT2D eigenvalue weighted by Gasteiger charge is -2.24. The van der Waals surface area contributed by atoms with Crippen molar-refractivity contribution >= 4 is 11.9 Å². The number of esters is 2. The van der Waals surface area contributed by atoms with Crippen molar-refractivity contribution in [3.05, 3.63) is 35.4 Å². The van der Waals surface area contributed by atoms with Crippen LogP contribution < -0.4 is 0 Å². The molecule has 2 fully saturated rings. The molecule has 2 saturated heterocycles. The second kappa shape index (κ2) is 8.20. The van der Waals surface area contributed by atoms with Crippen molar-refractivity contribution in [2.75, 3.05) is 39.6 Å². The monoisotopic (exact) mass is 338 g/mol. The molecule has 0 aromatic heterocycles. The summed E-state index contributed by atoms with van der Waals surface area (Å²) in [6.45, 7) is 1.93. The van der Waals surface area contributed by atoms with Gasteiger partial charge in [-0.3, -0.25) is 0 Å². The zero-order chi connectivity index (χ0) is 16.8. The van der Waals surface area contributed by atoms with Crippen molar-refractivity contribution < 1.29 is 38.0 Å². The van der Waals surface area contributed by atoms with E-state index in [2.05, 4.69) is 0 Å². The van der Waals surface area contributed by atoms with E-state index in [1.807, 2.05) is 0 Å². The van der Waals surface area contributed by atoms with Crippen LogP contribution in [0.2, 0.25) is 0 Å². The van der Waals surface area contributed by atoms with Crippen LogP contribution in [0.3, 0.4) is 0 Å². The molecule has 24 heavy (non-hydrogen) atoms. The van der Waals surface area contributed by atoms with Crippen molar-refractivity contribution in [3.63, 3.8) is 0 Å². The molecule has 8 nitrogen and oxygen atoms in total. The molecule has 0 bridgehead atoms. The van der Waals surface area contributed by atoms with E-state index in [0.717, 1.165) is 0 Å². The van der Waals surface area contributed by atoms with Crippen molar-refractivity contribution in [2.45, 2.75) is 12.6 Å². The van der Waals surface area contributed by atoms with Gasteiger partial charge in [-0.2, -0.15) is 0 Å². The lowest BCUT2D eigenvalue weighted by Crippen LogP contribution is -2.34. The molecule has 1 aromatic rings. The van der Waals surface area contributed by atoms with Crippen LogP contribution in [0.5, 0.6) is 0 Å². The number of carbonyl (C=O) groups is 2. The first-order valence-electron chi connectivity index (χ1n) is 7.64. The zero-order valence-electron chi connectivity index (χ0n) is 13.0. The molecule has 1 aromatic carbocycles. The summed E-state index contributed by atoms with van der Waals surface area (Å²) in [5.41, 5.74) is 0.182. The van der Waals surface area contributed by atoms with Gasteiger partial charge in [0.25, 0.3) is 0 Å². The lowest BCUT2D eigenvalue weighted by atomic mass is 10.1. The molecule has 2 atom stereocenters. The first kappa shape index (κ1) is 16.8. The number of hydrogen-bond acceptors (Lipinski definition) is 8. The van der Waals surface area contributed by atoms with E-state index in [1.165, 1.54) is 12.1 Å². The Labute approximate surface area is 138 Å². The minimum absolute atomic E-state index is 0.0911. The average Bonchev–Trinajstić information content (AvgIpc) is 2.63. The zero-order valence-corrected chi connectivity index (χ0v) is 13.0. The normalized spacial score (nSPS) is 24.2. The van der Waals surface area contributed by atoms with Gasteiger partial charge in [-0.25, -0.2) is 9.59 Å². The second-order valence-electron chi connectivity index (χ2n) is 5.11. The Balaban J connectivity index is 1.67. The molecule has 8 heteroatoms. The van der Waals surface area contributed by atoms with E-state index in [4.69, 9.17) is 28.4 Å². The molecule has 0 saturated carbocycles. The second-order valence-corrected chi connectivity index (χ2v) is 5.11. The summed E-state index contributed by atoms with van der Waals surface area (Å²) in [6, 6.07) is 6.24. The van der Waals surface area contributed by atoms with Crippen molar-refractivity contribution in [1.29, 1.82) is 0 Å². The number of hydrogen-bond donors (Lipinski definition) is 0. The number of rotatable bonds is 4. The maximum Gasteiger partial charge on any atom is 0.341 e. The summed E-state index contributed by atoms with van der Waals surface area (Å²) >= 11 is 0. The van der Waals surface area contributed by atoms with E-state index >= 15 is 0 Å². The van der Waals surface area contributed by atoms with Crippen LogP contribution in [-0.4, -0.2) is 64.2 Å². The molecule has 2 aliphatic heterocycles. The predicted octanol–water partition coefficient (Wildman–Crippen LogP) is 0.746. The van der Waals surface area contributed by atoms with Gasteiger partial charge in [0.05, 0.1) is 37.6 Å². The fourth-order valence-electron chi connectivity index (χ4n) is 2.27. The summed E-state index contributed by atoms with van der Waals surface area (Å²) in [5.74, 6) is -1.36. The number of benzene rings is 1. The highest BCUT2D eigenvalue weighted by Gasteiger charge is 2.26. The fourth-order valence-corrected chi connectivity index (χ4v) is 2.27. The highest BCUT2D eigenvalue weighted by Crippen LogP contribution is 2.16. The standard InChI is InChI=1S/C16H18O8/c17-15(23-13-9-19-5-7-21-13)11-3-1-2-4-12(11)16(18)24-14-10-20-6-8-22-14/h1-4,13-14H,5-10H2. The van der Waals surface area contributed by atoms with E-state index in [-0.39, 0.29) is 24.3 Å². The van der Waals surface area contributed by atoms with E-state index in [9.17, 15) is 9.59 Å². The van der Waals surface area contributed by atoms with Gasteiger partial charge in [0.1, 0.15) is 13.2 Å². The van der Waals surface area contributed by atoms with Crippen LogP contribution in [-0.2, 0) is 28.4 Å². The Bertz CT molecular complexity index is 524. The molecule has 0 spiro atoms. The molecular weight excluding hydrogens is 320 g/mol. The van der Waals surface area contributed by atoms with Gasteiger partial charge in [0.15, 0.2) is 0 Å². The molecule has 0 amide bonds. The average molecular weight is 338 g/mol. The van der Waals surface area contributed by atoms with Gasteiger partial charge in [-0.05, 0) is 12.1 Å². The van der Waals surface area contributed by atoms with Gasteiger partial charge in [-0.1, -0.05) is 12.1 Å². The van der Waals surface area contributed by atoms with E-state index in [1.54, 1.807) is 12.1 Å². The Hall–Kier alpha value is -2.00. The molecule has 0 aliphatic carbocycles. The maximum atomic E-state index is 12.3. The third-order valence-electron chi connectivity index (χ3n) is 3.41. The maximum absolute atomic E-state index is 12.3. The van der Waals surface area contributed by atoms with Crippen LogP contribution in [0.4, 0.5) is 0 Å². The van der Waals surface area contributed by atoms with Crippen LogP contribution in [0, 0.1) is 0 Å². The van der Waals surface area contributed by atoms with E-state index in [0.29, 0.717) is 26.4 Å². The van der Waals surface area contributed by atoms with Gasteiger partial charge in [-0.15, -0.1) is 0 Å². The van der Waals surface area contributed by atoms with Gasteiger partial charge in [0.2, 0.25) is 12.6 Å². The summed E-state index contributed by atoms with van der Waals surface area (Å²) in [6.07, 6.45) is -1.57. The number of carbonyl (C=O) groups excluding carboxylic acids is 2.